The number of nitro benzene ring substituents is 1. The van der Waals surface area contributed by atoms with Gasteiger partial charge >= 0.3 is 0 Å². The molecule has 0 aliphatic carbocycles. The first-order valence-corrected chi connectivity index (χ1v) is 11.2. The number of para-hydroxylation sites is 1. The van der Waals surface area contributed by atoms with E-state index in [-0.39, 0.29) is 29.3 Å². The van der Waals surface area contributed by atoms with Gasteiger partial charge in [-0.25, -0.2) is 8.42 Å². The Morgan fingerprint density at radius 1 is 1.11 bits per heavy atom. The summed E-state index contributed by atoms with van der Waals surface area (Å²) in [5.74, 6) is 0.798. The molecule has 0 saturated carbocycles. The molecule has 0 radical (unpaired) electrons. The number of nitro groups is 1. The van der Waals surface area contributed by atoms with Gasteiger partial charge < -0.3 is 4.90 Å². The maximum atomic E-state index is 12.0. The van der Waals surface area contributed by atoms with Crippen LogP contribution in [-0.2, 0) is 15.6 Å². The summed E-state index contributed by atoms with van der Waals surface area (Å²) in [7, 11) is -3.07. The summed E-state index contributed by atoms with van der Waals surface area (Å²) in [4.78, 5) is 17.1. The van der Waals surface area contributed by atoms with Crippen molar-refractivity contribution < 1.29 is 13.3 Å². The molecule has 27 heavy (non-hydrogen) atoms. The molecular formula is C18H17N3O4S2. The predicted molar refractivity (Wildman–Crippen MR) is 107 cm³/mol. The number of thioether (sulfide) groups is 1. The van der Waals surface area contributed by atoms with Gasteiger partial charge in [-0.2, -0.15) is 0 Å². The molecule has 0 amide bonds. The Kier molecular flexibility index (Phi) is 4.65. The van der Waals surface area contributed by atoms with Crippen molar-refractivity contribution in [3.63, 3.8) is 0 Å². The number of fused-ring (bicyclic) bond motifs is 1. The number of hydrogen-bond donors (Lipinski definition) is 0. The lowest BCUT2D eigenvalue weighted by molar-refractivity contribution is -0.384. The molecule has 4 rings (SSSR count). The van der Waals surface area contributed by atoms with Crippen LogP contribution >= 0.6 is 11.8 Å². The summed E-state index contributed by atoms with van der Waals surface area (Å²) < 4.78 is 24.1. The highest BCUT2D eigenvalue weighted by Crippen LogP contribution is 2.35. The van der Waals surface area contributed by atoms with E-state index in [2.05, 4.69) is 4.99 Å². The Bertz CT molecular complexity index is 991. The fraction of sp³-hybridized carbons (Fsp3) is 0.278. The van der Waals surface area contributed by atoms with Gasteiger partial charge in [0.05, 0.1) is 28.5 Å². The smallest absolute Gasteiger partial charge is 0.269 e. The molecule has 0 spiro atoms. The zero-order valence-corrected chi connectivity index (χ0v) is 15.9. The molecule has 2 aromatic carbocycles. The molecule has 2 aromatic rings. The first-order valence-electron chi connectivity index (χ1n) is 8.41. The van der Waals surface area contributed by atoms with Crippen molar-refractivity contribution in [2.75, 3.05) is 16.4 Å². The number of hydrogen-bond acceptors (Lipinski definition) is 7. The number of nitrogens with zero attached hydrogens (tertiary/aromatic N) is 3. The maximum absolute atomic E-state index is 12.0. The Morgan fingerprint density at radius 2 is 1.81 bits per heavy atom. The van der Waals surface area contributed by atoms with Gasteiger partial charge in [0.15, 0.2) is 15.0 Å². The van der Waals surface area contributed by atoms with E-state index in [4.69, 9.17) is 0 Å². The van der Waals surface area contributed by atoms with Gasteiger partial charge in [0, 0.05) is 23.6 Å². The molecule has 2 heterocycles. The Morgan fingerprint density at radius 3 is 2.48 bits per heavy atom. The zero-order chi connectivity index (χ0) is 19.0. The fourth-order valence-electron chi connectivity index (χ4n) is 3.39. The van der Waals surface area contributed by atoms with Crippen LogP contribution in [0.2, 0.25) is 0 Å². The van der Waals surface area contributed by atoms with Gasteiger partial charge in [-0.05, 0) is 17.7 Å². The van der Waals surface area contributed by atoms with Crippen LogP contribution in [-0.4, -0.2) is 42.1 Å². The van der Waals surface area contributed by atoms with Gasteiger partial charge in [-0.15, -0.1) is 0 Å². The van der Waals surface area contributed by atoms with Crippen molar-refractivity contribution in [3.05, 3.63) is 70.3 Å². The van der Waals surface area contributed by atoms with Gasteiger partial charge in [0.2, 0.25) is 0 Å². The third-order valence-corrected chi connectivity index (χ3v) is 7.39. The summed E-state index contributed by atoms with van der Waals surface area (Å²) in [6.07, 6.45) is 0. The third kappa shape index (κ3) is 3.70. The molecule has 9 heteroatoms. The van der Waals surface area contributed by atoms with Crippen molar-refractivity contribution >= 4 is 38.1 Å². The van der Waals surface area contributed by atoms with E-state index in [0.29, 0.717) is 5.75 Å². The second-order valence-electron chi connectivity index (χ2n) is 6.54. The second-order valence-corrected chi connectivity index (χ2v) is 9.64. The highest BCUT2D eigenvalue weighted by Gasteiger charge is 2.47. The number of sulfone groups is 1. The van der Waals surface area contributed by atoms with Gasteiger partial charge in [0.1, 0.15) is 0 Å². The van der Waals surface area contributed by atoms with E-state index in [1.165, 1.54) is 23.9 Å². The van der Waals surface area contributed by atoms with E-state index in [1.807, 2.05) is 35.2 Å². The minimum absolute atomic E-state index is 0.0626. The standard InChI is InChI=1S/C18H17N3O4S2/c22-21(23)15-8-6-13(7-9-15)10-26-18-19-16-11-27(24,25)12-17(16)20(18)14-4-2-1-3-5-14/h1-9,16-17H,10-12H2/t16-,17+/m1/s1. The van der Waals surface area contributed by atoms with Crippen LogP contribution in [0.1, 0.15) is 5.56 Å². The summed E-state index contributed by atoms with van der Waals surface area (Å²) in [5.41, 5.74) is 1.94. The minimum Gasteiger partial charge on any atom is -0.315 e. The lowest BCUT2D eigenvalue weighted by Gasteiger charge is -2.26. The molecule has 140 valence electrons. The minimum atomic E-state index is -3.07. The van der Waals surface area contributed by atoms with Crippen molar-refractivity contribution in [2.45, 2.75) is 17.8 Å². The molecule has 1 fully saturated rings. The Balaban J connectivity index is 1.55. The molecule has 2 aliphatic rings. The summed E-state index contributed by atoms with van der Waals surface area (Å²) in [5, 5.41) is 11.6. The molecule has 2 aliphatic heterocycles. The highest BCUT2D eigenvalue weighted by atomic mass is 32.2. The van der Waals surface area contributed by atoms with Crippen LogP contribution in [0.15, 0.2) is 59.6 Å². The first-order chi connectivity index (χ1) is 12.9. The van der Waals surface area contributed by atoms with Crippen LogP contribution in [0, 0.1) is 10.1 Å². The number of non-ortho nitro benzene ring substituents is 1. The fourth-order valence-corrected chi connectivity index (χ4v) is 6.31. The van der Waals surface area contributed by atoms with E-state index in [1.54, 1.807) is 12.1 Å². The molecule has 0 N–H and O–H groups in total. The molecular weight excluding hydrogens is 386 g/mol. The largest absolute Gasteiger partial charge is 0.315 e. The molecule has 0 aromatic heterocycles. The normalized spacial score (nSPS) is 23.1. The van der Waals surface area contributed by atoms with Crippen LogP contribution in [0.4, 0.5) is 11.4 Å². The number of benzene rings is 2. The van der Waals surface area contributed by atoms with Gasteiger partial charge in [0.25, 0.3) is 5.69 Å². The Hall–Kier alpha value is -2.39. The van der Waals surface area contributed by atoms with Crippen molar-refractivity contribution in [1.29, 1.82) is 0 Å². The second kappa shape index (κ2) is 6.97. The predicted octanol–water partition coefficient (Wildman–Crippen LogP) is 2.87. The van der Waals surface area contributed by atoms with E-state index >= 15 is 0 Å². The first kappa shape index (κ1) is 18.0. The number of amidine groups is 1. The SMILES string of the molecule is O=[N+]([O-])c1ccc(CSC2=N[C@@H]3CS(=O)(=O)C[C@@H]3N2c2ccccc2)cc1. The zero-order valence-electron chi connectivity index (χ0n) is 14.3. The van der Waals surface area contributed by atoms with E-state index < -0.39 is 14.8 Å². The van der Waals surface area contributed by atoms with Crippen LogP contribution in [0.3, 0.4) is 0 Å². The molecule has 0 bridgehead atoms. The highest BCUT2D eigenvalue weighted by molar-refractivity contribution is 8.13. The molecule has 2 atom stereocenters. The van der Waals surface area contributed by atoms with Gasteiger partial charge in [-0.1, -0.05) is 42.1 Å². The van der Waals surface area contributed by atoms with Crippen LogP contribution in [0.25, 0.3) is 0 Å². The van der Waals surface area contributed by atoms with E-state index in [0.717, 1.165) is 16.4 Å². The molecule has 1 saturated heterocycles. The average Bonchev–Trinajstić information content (AvgIpc) is 3.12. The number of anilines is 1. The number of aliphatic imine (C=N–C) groups is 1. The average molecular weight is 403 g/mol. The van der Waals surface area contributed by atoms with Crippen LogP contribution in [0.5, 0.6) is 0 Å². The maximum Gasteiger partial charge on any atom is 0.269 e. The monoisotopic (exact) mass is 403 g/mol. The Labute approximate surface area is 161 Å². The van der Waals surface area contributed by atoms with E-state index in [9.17, 15) is 18.5 Å². The lowest BCUT2D eigenvalue weighted by Crippen LogP contribution is -2.39. The topological polar surface area (TPSA) is 92.9 Å². The molecule has 0 unspecified atom stereocenters. The van der Waals surface area contributed by atoms with Crippen molar-refractivity contribution in [2.24, 2.45) is 4.99 Å². The number of rotatable bonds is 4. The van der Waals surface area contributed by atoms with Gasteiger partial charge in [-0.3, -0.25) is 15.1 Å². The third-order valence-electron chi connectivity index (χ3n) is 4.66. The van der Waals surface area contributed by atoms with Crippen molar-refractivity contribution in [3.8, 4) is 0 Å². The summed E-state index contributed by atoms with van der Waals surface area (Å²) in [6, 6.07) is 15.7. The quantitative estimate of drug-likeness (QED) is 0.576. The summed E-state index contributed by atoms with van der Waals surface area (Å²) >= 11 is 1.52. The van der Waals surface area contributed by atoms with Crippen LogP contribution < -0.4 is 4.90 Å². The van der Waals surface area contributed by atoms with Crippen molar-refractivity contribution in [1.82, 2.24) is 0 Å². The molecule has 7 nitrogen and oxygen atoms in total. The lowest BCUT2D eigenvalue weighted by atomic mass is 10.1. The summed E-state index contributed by atoms with van der Waals surface area (Å²) in [6.45, 7) is 0.